The molecule has 2 N–H and O–H groups in total. The number of aliphatic carboxylic acids is 1. The highest BCUT2D eigenvalue weighted by Crippen LogP contribution is 2.25. The van der Waals surface area contributed by atoms with Crippen molar-refractivity contribution in [2.45, 2.75) is 19.5 Å². The van der Waals surface area contributed by atoms with Gasteiger partial charge in [-0.3, -0.25) is 4.79 Å². The van der Waals surface area contributed by atoms with Crippen LogP contribution >= 0.6 is 11.3 Å². The molecule has 0 aliphatic carbocycles. The molecule has 4 heteroatoms. The highest BCUT2D eigenvalue weighted by molar-refractivity contribution is 7.17. The summed E-state index contributed by atoms with van der Waals surface area (Å²) in [7, 11) is 0. The van der Waals surface area contributed by atoms with Gasteiger partial charge in [0, 0.05) is 11.2 Å². The van der Waals surface area contributed by atoms with Crippen molar-refractivity contribution >= 4 is 27.4 Å². The molecule has 2 aromatic rings. The van der Waals surface area contributed by atoms with Gasteiger partial charge >= 0.3 is 5.97 Å². The summed E-state index contributed by atoms with van der Waals surface area (Å²) in [5.74, 6) is -0.820. The van der Waals surface area contributed by atoms with Gasteiger partial charge in [-0.1, -0.05) is 18.2 Å². The average Bonchev–Trinajstić information content (AvgIpc) is 2.69. The molecule has 0 saturated heterocycles. The van der Waals surface area contributed by atoms with E-state index < -0.39 is 12.0 Å². The van der Waals surface area contributed by atoms with Crippen LogP contribution in [0.4, 0.5) is 0 Å². The monoisotopic (exact) mass is 235 g/mol. The molecule has 0 aliphatic rings. The third kappa shape index (κ3) is 2.23. The molecule has 3 nitrogen and oxygen atoms in total. The zero-order valence-corrected chi connectivity index (χ0v) is 9.75. The van der Waals surface area contributed by atoms with Crippen molar-refractivity contribution in [1.29, 1.82) is 0 Å². The molecule has 1 aromatic carbocycles. The number of thiophene rings is 1. The van der Waals surface area contributed by atoms with E-state index in [1.165, 1.54) is 10.1 Å². The normalized spacial score (nSPS) is 12.8. The van der Waals surface area contributed by atoms with Crippen molar-refractivity contribution in [3.8, 4) is 0 Å². The molecular weight excluding hydrogens is 222 g/mol. The second kappa shape index (κ2) is 4.63. The first kappa shape index (κ1) is 11.1. The Labute approximate surface area is 97.7 Å². The summed E-state index contributed by atoms with van der Waals surface area (Å²) < 4.78 is 1.24. The first-order valence-corrected chi connectivity index (χ1v) is 5.98. The first-order valence-electron chi connectivity index (χ1n) is 5.10. The Balaban J connectivity index is 2.13. The standard InChI is InChI=1S/C12H13NO2S/c1-8(12(14)15)13-6-9-7-16-11-5-3-2-4-10(9)11/h2-5,7-8,13H,6H2,1H3,(H,14,15). The van der Waals surface area contributed by atoms with E-state index in [1.54, 1.807) is 18.3 Å². The molecular formula is C12H13NO2S. The molecule has 2 rings (SSSR count). The Morgan fingerprint density at radius 3 is 3.00 bits per heavy atom. The van der Waals surface area contributed by atoms with Crippen molar-refractivity contribution in [3.05, 3.63) is 35.2 Å². The third-order valence-electron chi connectivity index (χ3n) is 2.53. The van der Waals surface area contributed by atoms with Crippen LogP contribution in [0.15, 0.2) is 29.6 Å². The van der Waals surface area contributed by atoms with Gasteiger partial charge in [0.15, 0.2) is 0 Å². The maximum atomic E-state index is 10.7. The number of hydrogen-bond acceptors (Lipinski definition) is 3. The number of benzene rings is 1. The fourth-order valence-corrected chi connectivity index (χ4v) is 2.48. The Bertz CT molecular complexity index is 506. The highest BCUT2D eigenvalue weighted by atomic mass is 32.1. The van der Waals surface area contributed by atoms with E-state index in [0.717, 1.165) is 5.56 Å². The summed E-state index contributed by atoms with van der Waals surface area (Å²) in [6.45, 7) is 2.24. The van der Waals surface area contributed by atoms with Gasteiger partial charge in [0.05, 0.1) is 0 Å². The van der Waals surface area contributed by atoms with Gasteiger partial charge < -0.3 is 10.4 Å². The summed E-state index contributed by atoms with van der Waals surface area (Å²) in [4.78, 5) is 10.7. The average molecular weight is 235 g/mol. The largest absolute Gasteiger partial charge is 0.480 e. The molecule has 0 saturated carbocycles. The highest BCUT2D eigenvalue weighted by Gasteiger charge is 2.10. The van der Waals surface area contributed by atoms with Gasteiger partial charge in [-0.15, -0.1) is 11.3 Å². The number of hydrogen-bond donors (Lipinski definition) is 2. The van der Waals surface area contributed by atoms with E-state index in [9.17, 15) is 4.79 Å². The minimum Gasteiger partial charge on any atom is -0.480 e. The minimum atomic E-state index is -0.820. The Morgan fingerprint density at radius 2 is 2.25 bits per heavy atom. The van der Waals surface area contributed by atoms with Gasteiger partial charge in [-0.25, -0.2) is 0 Å². The second-order valence-electron chi connectivity index (χ2n) is 3.70. The second-order valence-corrected chi connectivity index (χ2v) is 4.61. The lowest BCUT2D eigenvalue weighted by atomic mass is 10.2. The molecule has 0 aliphatic heterocycles. The van der Waals surface area contributed by atoms with Crippen LogP contribution < -0.4 is 5.32 Å². The number of carbonyl (C=O) groups is 1. The van der Waals surface area contributed by atoms with Crippen LogP contribution in [0.25, 0.3) is 10.1 Å². The van der Waals surface area contributed by atoms with Gasteiger partial charge in [0.25, 0.3) is 0 Å². The summed E-state index contributed by atoms with van der Waals surface area (Å²) in [6, 6.07) is 7.63. The molecule has 0 amide bonds. The van der Waals surface area contributed by atoms with Gasteiger partial charge in [0.2, 0.25) is 0 Å². The number of carboxylic acids is 1. The first-order chi connectivity index (χ1) is 7.68. The lowest BCUT2D eigenvalue weighted by Crippen LogP contribution is -2.32. The number of nitrogens with one attached hydrogen (secondary N) is 1. The van der Waals surface area contributed by atoms with E-state index >= 15 is 0 Å². The van der Waals surface area contributed by atoms with Crippen LogP contribution in [0.2, 0.25) is 0 Å². The van der Waals surface area contributed by atoms with Crippen molar-refractivity contribution in [3.63, 3.8) is 0 Å². The number of rotatable bonds is 4. The van der Waals surface area contributed by atoms with E-state index in [2.05, 4.69) is 22.8 Å². The molecule has 1 heterocycles. The molecule has 0 fully saturated rings. The van der Waals surface area contributed by atoms with Crippen molar-refractivity contribution < 1.29 is 9.90 Å². The summed E-state index contributed by atoms with van der Waals surface area (Å²) in [6.07, 6.45) is 0. The zero-order chi connectivity index (χ0) is 11.5. The number of carboxylic acid groups (broad SMARTS) is 1. The van der Waals surface area contributed by atoms with Crippen molar-refractivity contribution in [2.75, 3.05) is 0 Å². The van der Waals surface area contributed by atoms with E-state index in [0.29, 0.717) is 6.54 Å². The molecule has 16 heavy (non-hydrogen) atoms. The molecule has 1 aromatic heterocycles. The SMILES string of the molecule is CC(NCc1csc2ccccc12)C(=O)O. The van der Waals surface area contributed by atoms with Crippen LogP contribution in [0, 0.1) is 0 Å². The van der Waals surface area contributed by atoms with Gasteiger partial charge in [0.1, 0.15) is 6.04 Å². The van der Waals surface area contributed by atoms with Crippen LogP contribution in [0.1, 0.15) is 12.5 Å². The third-order valence-corrected chi connectivity index (χ3v) is 3.54. The van der Waals surface area contributed by atoms with Crippen LogP contribution in [0.5, 0.6) is 0 Å². The minimum absolute atomic E-state index is 0.515. The summed E-state index contributed by atoms with van der Waals surface area (Å²) in [5, 5.41) is 15.0. The smallest absolute Gasteiger partial charge is 0.320 e. The van der Waals surface area contributed by atoms with Crippen LogP contribution in [-0.4, -0.2) is 17.1 Å². The van der Waals surface area contributed by atoms with Crippen molar-refractivity contribution in [1.82, 2.24) is 5.32 Å². The molecule has 84 valence electrons. The quantitative estimate of drug-likeness (QED) is 0.856. The summed E-state index contributed by atoms with van der Waals surface area (Å²) in [5.41, 5.74) is 1.16. The molecule has 1 unspecified atom stereocenters. The summed E-state index contributed by atoms with van der Waals surface area (Å²) >= 11 is 1.69. The predicted octanol–water partition coefficient (Wildman–Crippen LogP) is 2.46. The molecule has 0 spiro atoms. The van der Waals surface area contributed by atoms with Crippen LogP contribution in [0.3, 0.4) is 0 Å². The predicted molar refractivity (Wildman–Crippen MR) is 65.8 cm³/mol. The lowest BCUT2D eigenvalue weighted by molar-refractivity contribution is -0.139. The van der Waals surface area contributed by atoms with Gasteiger partial charge in [-0.2, -0.15) is 0 Å². The fourth-order valence-electron chi connectivity index (χ4n) is 1.52. The van der Waals surface area contributed by atoms with Crippen molar-refractivity contribution in [2.24, 2.45) is 0 Å². The van der Waals surface area contributed by atoms with E-state index in [1.807, 2.05) is 12.1 Å². The molecule has 0 radical (unpaired) electrons. The lowest BCUT2D eigenvalue weighted by Gasteiger charge is -2.07. The number of fused-ring (bicyclic) bond motifs is 1. The maximum absolute atomic E-state index is 10.7. The van der Waals surface area contributed by atoms with E-state index in [4.69, 9.17) is 5.11 Å². The van der Waals surface area contributed by atoms with Gasteiger partial charge in [-0.05, 0) is 29.3 Å². The Kier molecular flexibility index (Phi) is 3.22. The molecule has 1 atom stereocenters. The van der Waals surface area contributed by atoms with Crippen LogP contribution in [-0.2, 0) is 11.3 Å². The van der Waals surface area contributed by atoms with E-state index in [-0.39, 0.29) is 0 Å². The molecule has 0 bridgehead atoms. The zero-order valence-electron chi connectivity index (χ0n) is 8.93. The Morgan fingerprint density at radius 1 is 1.50 bits per heavy atom. The fraction of sp³-hybridized carbons (Fsp3) is 0.250. The maximum Gasteiger partial charge on any atom is 0.320 e. The topological polar surface area (TPSA) is 49.3 Å². The Hall–Kier alpha value is -1.39.